The molecule has 9 nitrogen and oxygen atoms in total. The van der Waals surface area contributed by atoms with Gasteiger partial charge in [0.1, 0.15) is 18.8 Å². The number of piperazine rings is 1. The zero-order chi connectivity index (χ0) is 31.8. The molecule has 0 unspecified atom stereocenters. The highest BCUT2D eigenvalue weighted by molar-refractivity contribution is 6.15. The molecule has 0 spiro atoms. The van der Waals surface area contributed by atoms with Crippen molar-refractivity contribution in [3.8, 4) is 11.8 Å². The van der Waals surface area contributed by atoms with E-state index in [1.807, 2.05) is 113 Å². The fourth-order valence-electron chi connectivity index (χ4n) is 5.03. The molecule has 1 amide bonds. The van der Waals surface area contributed by atoms with E-state index in [2.05, 4.69) is 15.2 Å². The lowest BCUT2D eigenvalue weighted by molar-refractivity contribution is 0.0240. The van der Waals surface area contributed by atoms with Gasteiger partial charge in [0, 0.05) is 56.2 Å². The lowest BCUT2D eigenvalue weighted by atomic mass is 10.0. The van der Waals surface area contributed by atoms with Crippen molar-refractivity contribution in [2.45, 2.75) is 39.6 Å². The van der Waals surface area contributed by atoms with E-state index in [9.17, 15) is 10.2 Å². The molecule has 0 saturated carbocycles. The number of hydrogen-bond donors (Lipinski definition) is 2. The number of nitrogens with one attached hydrogen (secondary N) is 2. The Kier molecular flexibility index (Phi) is 9.87. The van der Waals surface area contributed by atoms with Crippen LogP contribution < -0.4 is 19.7 Å². The fraction of sp³-hybridized carbons (Fsp3) is 0.306. The number of anilines is 2. The van der Waals surface area contributed by atoms with Gasteiger partial charge in [0.05, 0.1) is 11.3 Å². The van der Waals surface area contributed by atoms with Gasteiger partial charge in [-0.2, -0.15) is 4.98 Å². The Morgan fingerprint density at radius 1 is 0.822 bits per heavy atom. The van der Waals surface area contributed by atoms with E-state index in [0.29, 0.717) is 56.7 Å². The zero-order valence-corrected chi connectivity index (χ0v) is 26.4. The van der Waals surface area contributed by atoms with Crippen LogP contribution >= 0.6 is 0 Å². The third kappa shape index (κ3) is 8.32. The van der Waals surface area contributed by atoms with E-state index >= 15 is 0 Å². The minimum absolute atomic E-state index is 0.280. The van der Waals surface area contributed by atoms with Gasteiger partial charge in [0.2, 0.25) is 11.8 Å². The summed E-state index contributed by atoms with van der Waals surface area (Å²) in [5, 5.41) is 12.5. The molecular formula is C36H41N5O4. The predicted octanol–water partition coefficient (Wildman–Crippen LogP) is 6.75. The van der Waals surface area contributed by atoms with Crippen LogP contribution in [0.15, 0.2) is 91.0 Å². The first-order valence-electron chi connectivity index (χ1n) is 15.2. The van der Waals surface area contributed by atoms with Crippen LogP contribution in [0.2, 0.25) is 0 Å². The normalized spacial score (nSPS) is 13.2. The Hall–Kier alpha value is -5.05. The van der Waals surface area contributed by atoms with Crippen molar-refractivity contribution in [2.75, 3.05) is 43.4 Å². The number of benzene rings is 3. The van der Waals surface area contributed by atoms with Crippen LogP contribution in [0.1, 0.15) is 43.0 Å². The number of pyridine rings is 1. The Balaban J connectivity index is 1.34. The van der Waals surface area contributed by atoms with Crippen molar-refractivity contribution in [3.05, 3.63) is 113 Å². The van der Waals surface area contributed by atoms with Gasteiger partial charge in [-0.1, -0.05) is 60.7 Å². The summed E-state index contributed by atoms with van der Waals surface area (Å²) in [5.74, 6) is 0.756. The molecule has 0 atom stereocenters. The third-order valence-electron chi connectivity index (χ3n) is 7.39. The molecule has 1 saturated heterocycles. The van der Waals surface area contributed by atoms with Crippen LogP contribution in [0.3, 0.4) is 0 Å². The molecule has 1 fully saturated rings. The largest absolute Gasteiger partial charge is 0.473 e. The van der Waals surface area contributed by atoms with Crippen LogP contribution in [-0.2, 0) is 18.0 Å². The van der Waals surface area contributed by atoms with Crippen molar-refractivity contribution in [3.63, 3.8) is 0 Å². The molecule has 0 radical (unpaired) electrons. The maximum atomic E-state index is 12.5. The molecule has 2 N–H and O–H groups in total. The summed E-state index contributed by atoms with van der Waals surface area (Å²) in [5.41, 5.74) is 4.91. The minimum atomic E-state index is -0.520. The first-order chi connectivity index (χ1) is 21.7. The summed E-state index contributed by atoms with van der Waals surface area (Å²) in [7, 11) is 1.85. The quantitative estimate of drug-likeness (QED) is 0.192. The maximum absolute atomic E-state index is 12.5. The van der Waals surface area contributed by atoms with Crippen molar-refractivity contribution in [2.24, 2.45) is 0 Å². The lowest BCUT2D eigenvalue weighted by Gasteiger charge is -2.37. The van der Waals surface area contributed by atoms with E-state index in [4.69, 9.17) is 14.2 Å². The van der Waals surface area contributed by atoms with Crippen molar-refractivity contribution < 1.29 is 19.0 Å². The fourth-order valence-corrected chi connectivity index (χ4v) is 5.03. The third-order valence-corrected chi connectivity index (χ3v) is 7.39. The highest BCUT2D eigenvalue weighted by Gasteiger charge is 2.26. The molecule has 3 aromatic carbocycles. The number of amides is 1. The summed E-state index contributed by atoms with van der Waals surface area (Å²) in [4.78, 5) is 21.2. The summed E-state index contributed by atoms with van der Waals surface area (Å²) >= 11 is 0. The van der Waals surface area contributed by atoms with Crippen LogP contribution in [0.4, 0.5) is 16.2 Å². The number of ether oxygens (including phenoxy) is 3. The average molecular weight is 608 g/mol. The van der Waals surface area contributed by atoms with Gasteiger partial charge >= 0.3 is 6.09 Å². The topological polar surface area (TPSA) is 100 Å². The van der Waals surface area contributed by atoms with E-state index < -0.39 is 5.60 Å². The van der Waals surface area contributed by atoms with E-state index in [1.54, 1.807) is 11.0 Å². The first kappa shape index (κ1) is 31.4. The number of carbonyl (C=O) groups excluding carboxylic acids is 1. The summed E-state index contributed by atoms with van der Waals surface area (Å²) in [6.45, 7) is 8.84. The monoisotopic (exact) mass is 607 g/mol. The average Bonchev–Trinajstić information content (AvgIpc) is 3.06. The maximum Gasteiger partial charge on any atom is 0.410 e. The van der Waals surface area contributed by atoms with Crippen LogP contribution in [0.5, 0.6) is 11.8 Å². The highest BCUT2D eigenvalue weighted by Crippen LogP contribution is 2.30. The Bertz CT molecular complexity index is 1600. The van der Waals surface area contributed by atoms with Gasteiger partial charge in [-0.15, -0.1) is 0 Å². The number of nitrogens with zero attached hydrogens (tertiary/aromatic N) is 3. The Morgan fingerprint density at radius 3 is 2.02 bits per heavy atom. The molecule has 9 heteroatoms. The van der Waals surface area contributed by atoms with Crippen molar-refractivity contribution in [1.82, 2.24) is 9.88 Å². The molecule has 0 bridgehead atoms. The van der Waals surface area contributed by atoms with Gasteiger partial charge in [0.25, 0.3) is 0 Å². The Morgan fingerprint density at radius 2 is 1.42 bits per heavy atom. The summed E-state index contributed by atoms with van der Waals surface area (Å²) < 4.78 is 17.7. The standard InChI is InChI=1S/C36H41N5O4/c1-36(2,3)45-35(42)41-21-19-40(20-22-41)28-15-16-29(31(23-28)38-4)33(37)30-17-18-32(43-24-26-11-7-5-8-12-26)39-34(30)44-25-27-13-9-6-10-14-27/h5-18,23,37-38H,19-22,24-25H2,1-4H3. The molecule has 2 heterocycles. The van der Waals surface area contributed by atoms with Crippen molar-refractivity contribution in [1.29, 1.82) is 5.41 Å². The number of hydrogen-bond acceptors (Lipinski definition) is 8. The second kappa shape index (κ2) is 14.2. The van der Waals surface area contributed by atoms with E-state index in [0.717, 1.165) is 28.1 Å². The molecule has 0 aliphatic carbocycles. The highest BCUT2D eigenvalue weighted by atomic mass is 16.6. The SMILES string of the molecule is CNc1cc(N2CCN(C(=O)OC(C)(C)C)CC2)ccc1C(=N)c1ccc(OCc2ccccc2)nc1OCc1ccccc1. The summed E-state index contributed by atoms with van der Waals surface area (Å²) in [6, 6.07) is 29.4. The van der Waals surface area contributed by atoms with E-state index in [-0.39, 0.29) is 11.8 Å². The van der Waals surface area contributed by atoms with Crippen LogP contribution in [0, 0.1) is 5.41 Å². The number of rotatable bonds is 10. The van der Waals surface area contributed by atoms with Crippen LogP contribution in [0.25, 0.3) is 0 Å². The number of aromatic nitrogens is 1. The second-order valence-corrected chi connectivity index (χ2v) is 11.9. The smallest absolute Gasteiger partial charge is 0.410 e. The molecule has 1 aliphatic heterocycles. The van der Waals surface area contributed by atoms with E-state index in [1.165, 1.54) is 0 Å². The zero-order valence-electron chi connectivity index (χ0n) is 26.4. The molecule has 1 aliphatic rings. The summed E-state index contributed by atoms with van der Waals surface area (Å²) in [6.07, 6.45) is -0.280. The molecule has 1 aromatic heterocycles. The first-order valence-corrected chi connectivity index (χ1v) is 15.2. The van der Waals surface area contributed by atoms with Gasteiger partial charge < -0.3 is 29.3 Å². The Labute approximate surface area is 265 Å². The molecular weight excluding hydrogens is 566 g/mol. The number of carbonyl (C=O) groups is 1. The van der Waals surface area contributed by atoms with Gasteiger partial charge in [-0.3, -0.25) is 5.41 Å². The molecule has 4 aromatic rings. The molecule has 45 heavy (non-hydrogen) atoms. The van der Waals surface area contributed by atoms with Gasteiger partial charge in [-0.25, -0.2) is 4.79 Å². The predicted molar refractivity (Wildman–Crippen MR) is 178 cm³/mol. The van der Waals surface area contributed by atoms with Gasteiger partial charge in [0.15, 0.2) is 0 Å². The molecule has 5 rings (SSSR count). The minimum Gasteiger partial charge on any atom is -0.473 e. The van der Waals surface area contributed by atoms with Gasteiger partial charge in [-0.05, 0) is 56.2 Å². The van der Waals surface area contributed by atoms with Crippen LogP contribution in [-0.4, -0.2) is 60.5 Å². The molecule has 234 valence electrons. The lowest BCUT2D eigenvalue weighted by Crippen LogP contribution is -2.50. The second-order valence-electron chi connectivity index (χ2n) is 11.9. The van der Waals surface area contributed by atoms with Crippen molar-refractivity contribution >= 4 is 23.2 Å².